The fraction of sp³-hybridized carbons (Fsp3) is 0. The third-order valence-electron chi connectivity index (χ3n) is 0. The average Bonchev–Trinajstić information content (AvgIpc) is 0. The van der Waals surface area contributed by atoms with Gasteiger partial charge >= 0.3 is 0 Å². The molecule has 0 saturated carbocycles. The van der Waals surface area contributed by atoms with E-state index in [9.17, 15) is 0 Å². The Labute approximate surface area is 2830 Å². The summed E-state index contributed by atoms with van der Waals surface area (Å²) in [6.07, 6.45) is 0. The van der Waals surface area contributed by atoms with Gasteiger partial charge in [-0.25, -0.2) is 0 Å². The molecule has 0 nitrogen and oxygen atoms in total. The molecule has 0 aromatic heterocycles. The second-order valence-corrected chi connectivity index (χ2v) is 0. The maximum atomic E-state index is 0. The maximum absolute atomic E-state index is 0. The second kappa shape index (κ2) is 598. The van der Waals surface area contributed by atoms with E-state index in [4.69, 9.17) is 0 Å². The molecular formula is La83. The molecule has 0 unspecified atom stereocenters. The van der Waals surface area contributed by atoms with Gasteiger partial charge in [0.15, 0.2) is 0 Å². The van der Waals surface area contributed by atoms with Crippen molar-refractivity contribution in [1.82, 2.24) is 0 Å². The van der Waals surface area contributed by atoms with Gasteiger partial charge in [0, 0.05) is 2950 Å². The molecule has 0 saturated heterocycles. The third-order valence-corrected chi connectivity index (χ3v) is 0. The van der Waals surface area contributed by atoms with Crippen LogP contribution in [0.15, 0.2) is 0 Å². The van der Waals surface area contributed by atoms with Gasteiger partial charge in [-0.2, -0.15) is 0 Å². The van der Waals surface area contributed by atoms with E-state index in [2.05, 4.69) is 0 Å². The topological polar surface area (TPSA) is 0 Å². The van der Waals surface area contributed by atoms with Crippen molar-refractivity contribution in [2.45, 2.75) is 0 Å². The molecular weight excluding hydrogens is 11500 g/mol. The van der Waals surface area contributed by atoms with E-state index < -0.39 is 0 Å². The molecule has 0 aromatic carbocycles. The summed E-state index contributed by atoms with van der Waals surface area (Å²) in [6, 6.07) is 0. The molecule has 0 amide bonds. The molecule has 0 aliphatic rings. The van der Waals surface area contributed by atoms with Crippen LogP contribution in [0.4, 0.5) is 0 Å². The van der Waals surface area contributed by atoms with Gasteiger partial charge in [-0.3, -0.25) is 0 Å². The minimum atomic E-state index is 0. The Balaban J connectivity index is 0. The third kappa shape index (κ3) is 591. The second-order valence-electron chi connectivity index (χ2n) is 0. The number of hydrogen-bond acceptors (Lipinski definition) is 0. The minimum Gasteiger partial charge on any atom is 0 e. The summed E-state index contributed by atoms with van der Waals surface area (Å²) in [5.74, 6) is 0. The molecule has 0 N–H and O–H groups in total. The summed E-state index contributed by atoms with van der Waals surface area (Å²) in [5, 5.41) is 0. The van der Waals surface area contributed by atoms with Gasteiger partial charge in [-0.15, -0.1) is 0 Å². The fourth-order valence-electron chi connectivity index (χ4n) is 0. The standard InChI is InChI=1S/83La. The Morgan fingerprint density at radius 1 is 0.0120 bits per heavy atom. The van der Waals surface area contributed by atoms with Crippen LogP contribution in [0.5, 0.6) is 0 Å². The number of rotatable bonds is 0. The van der Waals surface area contributed by atoms with Crippen LogP contribution in [-0.4, -0.2) is 0 Å². The molecule has 0 heterocycles. The van der Waals surface area contributed by atoms with Crippen LogP contribution in [0.3, 0.4) is 0 Å². The first-order chi connectivity index (χ1) is 0. The van der Waals surface area contributed by atoms with Crippen LogP contribution in [-0.2, 0) is 0 Å². The molecule has 0 rings (SSSR count). The zero-order chi connectivity index (χ0) is 0. The molecule has 83 heavy (non-hydrogen) atoms. The molecule has 83 heteroatoms. The molecule has 0 aromatic rings. The van der Waals surface area contributed by atoms with Gasteiger partial charge in [0.25, 0.3) is 0 Å². The molecule has 0 bridgehead atoms. The Bertz CT molecular complexity index is 0. The zero-order valence-electron chi connectivity index (χ0n) is 47.9. The molecule has 249 valence electrons. The summed E-state index contributed by atoms with van der Waals surface area (Å²) >= 11 is 0. The van der Waals surface area contributed by atoms with Crippen molar-refractivity contribution in [3.05, 3.63) is 0 Å². The molecule has 0 spiro atoms. The summed E-state index contributed by atoms with van der Waals surface area (Å²) in [6.45, 7) is 0. The van der Waals surface area contributed by atoms with Gasteiger partial charge in [0.2, 0.25) is 0 Å². The maximum Gasteiger partial charge on any atom is 0 e. The van der Waals surface area contributed by atoms with Crippen molar-refractivity contribution in [2.24, 2.45) is 0 Å². The van der Waals surface area contributed by atoms with E-state index in [1.807, 2.05) is 0 Å². The Morgan fingerprint density at radius 3 is 0.0120 bits per heavy atom. The van der Waals surface area contributed by atoms with E-state index in [-0.39, 0.29) is 2950 Å². The van der Waals surface area contributed by atoms with E-state index in [1.54, 1.807) is 0 Å². The van der Waals surface area contributed by atoms with Crippen molar-refractivity contribution >= 4 is 0 Å². The molecule has 0 atom stereocenters. The normalized spacial score (nSPS) is 0. The largest absolute Gasteiger partial charge is 0 e. The van der Waals surface area contributed by atoms with Crippen LogP contribution in [0.2, 0.25) is 0 Å². The van der Waals surface area contributed by atoms with Gasteiger partial charge in [0.05, 0.1) is 0 Å². The van der Waals surface area contributed by atoms with Gasteiger partial charge in [0.1, 0.15) is 0 Å². The van der Waals surface area contributed by atoms with Gasteiger partial charge in [-0.05, 0) is 0 Å². The Kier molecular flexibility index (Phi) is 4380. The molecule has 0 aliphatic carbocycles. The van der Waals surface area contributed by atoms with E-state index in [1.165, 1.54) is 0 Å². The predicted octanol–water partition coefficient (Wildman–Crippen LogP) is 0. The first-order valence-electron chi connectivity index (χ1n) is 0. The Hall–Kier alpha value is 99.2. The van der Waals surface area contributed by atoms with Crippen LogP contribution in [0.1, 0.15) is 0 Å². The smallest absolute Gasteiger partial charge is 0 e. The molecule has 83 radical (unpaired) electrons. The van der Waals surface area contributed by atoms with Crippen molar-refractivity contribution < 1.29 is 2950 Å². The van der Waals surface area contributed by atoms with Crippen molar-refractivity contribution in [1.29, 1.82) is 0 Å². The molecule has 0 aliphatic heterocycles. The quantitative estimate of drug-likeness (QED) is 0.321. The van der Waals surface area contributed by atoms with Gasteiger partial charge in [-0.1, -0.05) is 0 Å². The summed E-state index contributed by atoms with van der Waals surface area (Å²) < 4.78 is 0. The first-order valence-corrected chi connectivity index (χ1v) is 0. The summed E-state index contributed by atoms with van der Waals surface area (Å²) in [7, 11) is 0. The van der Waals surface area contributed by atoms with E-state index in [0.717, 1.165) is 0 Å². The summed E-state index contributed by atoms with van der Waals surface area (Å²) in [4.78, 5) is 0. The van der Waals surface area contributed by atoms with Crippen LogP contribution in [0, 0.1) is 2950 Å². The summed E-state index contributed by atoms with van der Waals surface area (Å²) in [5.41, 5.74) is 0. The van der Waals surface area contributed by atoms with Crippen LogP contribution < -0.4 is 0 Å². The van der Waals surface area contributed by atoms with E-state index >= 15 is 0 Å². The van der Waals surface area contributed by atoms with Gasteiger partial charge < -0.3 is 0 Å². The predicted molar refractivity (Wildman–Crippen MR) is 0 cm³/mol. The SMILES string of the molecule is [La].[La].[La].[La].[La].[La].[La].[La].[La].[La].[La].[La].[La].[La].[La].[La].[La].[La].[La].[La].[La].[La].[La].[La].[La].[La].[La].[La].[La].[La].[La].[La].[La].[La].[La].[La].[La].[La].[La].[La].[La].[La].[La].[La].[La].[La].[La].[La].[La].[La].[La].[La].[La].[La].[La].[La].[La].[La].[La].[La].[La].[La].[La].[La].[La].[La].[La].[La].[La].[La].[La].[La].[La].[La].[La].[La].[La].[La].[La].[La].[La].[La].[La]. The average molecular weight is 11500 g/mol. The van der Waals surface area contributed by atoms with Crippen molar-refractivity contribution in [3.8, 4) is 0 Å². The van der Waals surface area contributed by atoms with Crippen LogP contribution in [0.25, 0.3) is 0 Å². The minimum absolute atomic E-state index is 0. The van der Waals surface area contributed by atoms with E-state index in [0.29, 0.717) is 0 Å². The number of hydrogen-bond donors (Lipinski definition) is 0. The zero-order valence-corrected chi connectivity index (χ0v) is 349. The van der Waals surface area contributed by atoms with Crippen molar-refractivity contribution in [3.63, 3.8) is 0 Å². The first kappa shape index (κ1) is 608. The monoisotopic (exact) mass is 11500 g/mol. The Morgan fingerprint density at radius 2 is 0.0120 bits per heavy atom. The van der Waals surface area contributed by atoms with Crippen LogP contribution >= 0.6 is 0 Å². The fourth-order valence-corrected chi connectivity index (χ4v) is 0. The van der Waals surface area contributed by atoms with Crippen molar-refractivity contribution in [2.75, 3.05) is 0 Å². The molecule has 0 fully saturated rings.